The van der Waals surface area contributed by atoms with Gasteiger partial charge in [0.15, 0.2) is 0 Å². The van der Waals surface area contributed by atoms with E-state index in [9.17, 15) is 5.53 Å². The Morgan fingerprint density at radius 2 is 0.679 bits per heavy atom. The number of hydrogen-bond acceptors (Lipinski definition) is 0. The topological polar surface area (TPSA) is 25.3 Å². The van der Waals surface area contributed by atoms with Gasteiger partial charge in [0.05, 0.1) is 0 Å². The molecule has 3 rings (SSSR count). The summed E-state index contributed by atoms with van der Waals surface area (Å²) in [6.07, 6.45) is 32.5. The molecule has 1 aliphatic rings. The fourth-order valence-electron chi connectivity index (χ4n) is 8.90. The average molecular weight is 812 g/mol. The van der Waals surface area contributed by atoms with Crippen molar-refractivity contribution in [1.29, 1.82) is 0 Å². The molecule has 2 aromatic carbocycles. The van der Waals surface area contributed by atoms with Gasteiger partial charge in [-0.05, 0) is 141 Å². The molecular weight excluding hydrogens is 723 g/mol. The van der Waals surface area contributed by atoms with Crippen LogP contribution in [0.1, 0.15) is 235 Å². The predicted octanol–water partition coefficient (Wildman–Crippen LogP) is 17.4. The van der Waals surface area contributed by atoms with Gasteiger partial charge in [-0.15, -0.1) is 0 Å². The molecule has 1 heterocycles. The van der Waals surface area contributed by atoms with Gasteiger partial charge in [-0.2, -0.15) is 0 Å². The van der Waals surface area contributed by atoms with E-state index in [1.165, 1.54) is 123 Å². The van der Waals surface area contributed by atoms with E-state index in [4.69, 9.17) is 0 Å². The molecule has 0 saturated heterocycles. The first-order chi connectivity index (χ1) is 25.9. The molecule has 0 N–H and O–H groups in total. The Morgan fingerprint density at radius 3 is 1.02 bits per heavy atom. The molecule has 0 radical (unpaired) electrons. The molecule has 0 amide bonds. The zero-order valence-electron chi connectivity index (χ0n) is 38.6. The van der Waals surface area contributed by atoms with Crippen LogP contribution in [0.3, 0.4) is 0 Å². The number of benzene rings is 2. The maximum absolute atomic E-state index is 12.8. The monoisotopic (exact) mass is 811 g/mol. The van der Waals surface area contributed by atoms with E-state index in [0.29, 0.717) is 0 Å². The van der Waals surface area contributed by atoms with E-state index in [1.807, 2.05) is 0 Å². The maximum Gasteiger partial charge on any atom is 2.00 e. The summed E-state index contributed by atoms with van der Waals surface area (Å²) in [5, 5.41) is 0. The molecule has 56 heavy (non-hydrogen) atoms. The predicted molar refractivity (Wildman–Crippen MR) is 248 cm³/mol. The minimum atomic E-state index is 0. The Bertz CT molecular complexity index is 1400. The summed E-state index contributed by atoms with van der Waals surface area (Å²) < 4.78 is 1.70. The van der Waals surface area contributed by atoms with E-state index in [-0.39, 0.29) is 31.3 Å². The SMILES string of the molecule is CCCCCCc1cc(C2=C(CCCC)C(CCCC)=C(c3cc(CCC)c(CCC)c(CCC)c3)[N+]2=[N-])cc(CCCCCC)c1CCCCCC.[CH3-].[CH3-].[Ni+2]. The number of hydrogen-bond donors (Lipinski definition) is 0. The molecule has 0 saturated carbocycles. The molecule has 2 nitrogen and oxygen atoms in total. The third kappa shape index (κ3) is 15.6. The number of allylic oxidation sites excluding steroid dienone is 2. The minimum absolute atomic E-state index is 0. The second-order valence-corrected chi connectivity index (χ2v) is 16.4. The van der Waals surface area contributed by atoms with Gasteiger partial charge >= 0.3 is 16.5 Å². The van der Waals surface area contributed by atoms with Gasteiger partial charge in [0.1, 0.15) is 0 Å². The van der Waals surface area contributed by atoms with Gasteiger partial charge < -0.3 is 20.4 Å². The van der Waals surface area contributed by atoms with Crippen LogP contribution in [0.15, 0.2) is 35.4 Å². The van der Waals surface area contributed by atoms with Gasteiger partial charge in [-0.1, -0.05) is 145 Å². The molecule has 3 heteroatoms. The van der Waals surface area contributed by atoms with E-state index in [1.54, 1.807) is 27.0 Å². The summed E-state index contributed by atoms with van der Waals surface area (Å²) in [6.45, 7) is 18.6. The van der Waals surface area contributed by atoms with Crippen molar-refractivity contribution >= 4 is 11.4 Å². The molecule has 0 spiro atoms. The molecule has 0 unspecified atom stereocenters. The van der Waals surface area contributed by atoms with Gasteiger partial charge in [0.25, 0.3) is 0 Å². The minimum Gasteiger partial charge on any atom is -0.493 e. The Hall–Kier alpha value is -1.99. The standard InChI is InChI=1S/C51H82N2.2CH3.Ni/c1-9-17-22-25-31-42-38-45(39-43(32-26-23-18-10-2)47(42)35-27-24-19-11-3)51-49(34-21-13-5)48(33-20-12-4)50(53(51)52)44-36-40(28-14-6)46(30-16-8)41(37-44)29-15-7;;;/h36-39H,9-35H2,1-8H3;2*1H3;/q;2*-1;+2. The van der Waals surface area contributed by atoms with Crippen LogP contribution in [0.5, 0.6) is 0 Å². The molecule has 0 fully saturated rings. The summed E-state index contributed by atoms with van der Waals surface area (Å²) in [7, 11) is 0. The normalized spacial score (nSPS) is 12.6. The fourth-order valence-corrected chi connectivity index (χ4v) is 8.90. The second kappa shape index (κ2) is 31.0. The van der Waals surface area contributed by atoms with Crippen molar-refractivity contribution in [2.45, 2.75) is 229 Å². The van der Waals surface area contributed by atoms with Crippen LogP contribution in [0, 0.1) is 14.9 Å². The van der Waals surface area contributed by atoms with Crippen molar-refractivity contribution in [1.82, 2.24) is 0 Å². The number of nitrogens with zero attached hydrogens (tertiary/aromatic N) is 2. The largest absolute Gasteiger partial charge is 2.00 e. The van der Waals surface area contributed by atoms with Crippen molar-refractivity contribution in [3.63, 3.8) is 0 Å². The van der Waals surface area contributed by atoms with Crippen molar-refractivity contribution in [3.8, 4) is 0 Å². The Kier molecular flexibility index (Phi) is 29.9. The van der Waals surface area contributed by atoms with Crippen molar-refractivity contribution < 1.29 is 21.2 Å². The fraction of sp³-hybridized carbons (Fsp3) is 0.660. The second-order valence-electron chi connectivity index (χ2n) is 16.4. The first-order valence-corrected chi connectivity index (χ1v) is 23.2. The Morgan fingerprint density at radius 1 is 0.357 bits per heavy atom. The quantitative estimate of drug-likeness (QED) is 0.0338. The maximum atomic E-state index is 12.8. The molecule has 0 atom stereocenters. The molecule has 0 aliphatic carbocycles. The van der Waals surface area contributed by atoms with Gasteiger partial charge in [0.2, 0.25) is 11.4 Å². The third-order valence-corrected chi connectivity index (χ3v) is 11.8. The third-order valence-electron chi connectivity index (χ3n) is 11.8. The van der Waals surface area contributed by atoms with Gasteiger partial charge in [-0.3, -0.25) is 0 Å². The molecule has 1 aliphatic heterocycles. The summed E-state index contributed by atoms with van der Waals surface area (Å²) in [6, 6.07) is 10.1. The molecular formula is C53H88N2Ni. The van der Waals surface area contributed by atoms with E-state index in [0.717, 1.165) is 94.9 Å². The van der Waals surface area contributed by atoms with Crippen LogP contribution in [0.4, 0.5) is 0 Å². The van der Waals surface area contributed by atoms with Crippen molar-refractivity contribution in [2.24, 2.45) is 0 Å². The van der Waals surface area contributed by atoms with Crippen LogP contribution in [0.25, 0.3) is 16.9 Å². The number of unbranched alkanes of at least 4 members (excludes halogenated alkanes) is 11. The molecule has 0 bridgehead atoms. The zero-order chi connectivity index (χ0) is 38.4. The Labute approximate surface area is 360 Å². The number of aryl methyl sites for hydroxylation is 4. The van der Waals surface area contributed by atoms with Crippen molar-refractivity contribution in [2.75, 3.05) is 0 Å². The van der Waals surface area contributed by atoms with Crippen LogP contribution < -0.4 is 0 Å². The van der Waals surface area contributed by atoms with Gasteiger partial charge in [-0.25, -0.2) is 4.70 Å². The van der Waals surface area contributed by atoms with Crippen LogP contribution >= 0.6 is 0 Å². The van der Waals surface area contributed by atoms with Crippen molar-refractivity contribution in [3.05, 3.63) is 100 Å². The van der Waals surface area contributed by atoms with Crippen LogP contribution in [-0.4, -0.2) is 4.70 Å². The summed E-state index contributed by atoms with van der Waals surface area (Å²) >= 11 is 0. The first-order valence-electron chi connectivity index (χ1n) is 23.2. The number of rotatable bonds is 29. The van der Waals surface area contributed by atoms with E-state index >= 15 is 0 Å². The van der Waals surface area contributed by atoms with Gasteiger partial charge in [0, 0.05) is 22.3 Å². The zero-order valence-corrected chi connectivity index (χ0v) is 39.6. The van der Waals surface area contributed by atoms with Crippen LogP contribution in [0.2, 0.25) is 0 Å². The summed E-state index contributed by atoms with van der Waals surface area (Å²) in [5.74, 6) is 0. The molecule has 0 aromatic heterocycles. The Balaban J connectivity index is 0.0000101. The first kappa shape index (κ1) is 54.0. The van der Waals surface area contributed by atoms with E-state index in [2.05, 4.69) is 79.7 Å². The molecule has 2 aromatic rings. The molecule has 320 valence electrons. The average Bonchev–Trinajstić information content (AvgIpc) is 3.43. The summed E-state index contributed by atoms with van der Waals surface area (Å²) in [5.41, 5.74) is 29.6. The smallest absolute Gasteiger partial charge is 0.493 e. The van der Waals surface area contributed by atoms with Crippen LogP contribution in [-0.2, 0) is 55.0 Å². The van der Waals surface area contributed by atoms with E-state index < -0.39 is 0 Å². The summed E-state index contributed by atoms with van der Waals surface area (Å²) in [4.78, 5) is 0.